The number of hydrogen-bond donors (Lipinski definition) is 1. The summed E-state index contributed by atoms with van der Waals surface area (Å²) in [6.45, 7) is 0.577. The standard InChI is InChI=1S/C8H9N3.ClH/c9-3-7-1-2-8-4-10-6-11(8)5-7;/h1-2,4-6H,3,9H2;1H. The number of hydrogen-bond acceptors (Lipinski definition) is 2. The monoisotopic (exact) mass is 183 g/mol. The van der Waals surface area contributed by atoms with Gasteiger partial charge in [-0.05, 0) is 11.6 Å². The molecule has 0 saturated heterocycles. The van der Waals surface area contributed by atoms with Crippen molar-refractivity contribution >= 4 is 17.9 Å². The Morgan fingerprint density at radius 2 is 2.25 bits per heavy atom. The summed E-state index contributed by atoms with van der Waals surface area (Å²) in [4.78, 5) is 4.00. The molecule has 0 aliphatic heterocycles. The van der Waals surface area contributed by atoms with Crippen molar-refractivity contribution in [2.75, 3.05) is 0 Å². The van der Waals surface area contributed by atoms with Gasteiger partial charge in [-0.3, -0.25) is 0 Å². The zero-order chi connectivity index (χ0) is 7.68. The summed E-state index contributed by atoms with van der Waals surface area (Å²) in [6.07, 6.45) is 5.58. The van der Waals surface area contributed by atoms with Gasteiger partial charge in [0.2, 0.25) is 0 Å². The third-order valence-electron chi connectivity index (χ3n) is 1.70. The van der Waals surface area contributed by atoms with E-state index in [0.29, 0.717) is 6.54 Å². The molecule has 0 atom stereocenters. The molecule has 0 spiro atoms. The summed E-state index contributed by atoms with van der Waals surface area (Å²) in [5.74, 6) is 0. The Bertz CT molecular complexity index is 369. The molecule has 0 bridgehead atoms. The molecule has 64 valence electrons. The smallest absolute Gasteiger partial charge is 0.0992 e. The van der Waals surface area contributed by atoms with E-state index in [1.807, 2.05) is 28.9 Å². The van der Waals surface area contributed by atoms with E-state index >= 15 is 0 Å². The van der Waals surface area contributed by atoms with Gasteiger partial charge in [0, 0.05) is 12.7 Å². The van der Waals surface area contributed by atoms with Crippen molar-refractivity contribution in [2.24, 2.45) is 5.73 Å². The van der Waals surface area contributed by atoms with Crippen molar-refractivity contribution in [3.05, 3.63) is 36.4 Å². The lowest BCUT2D eigenvalue weighted by molar-refractivity contribution is 1.02. The zero-order valence-electron chi connectivity index (χ0n) is 6.47. The molecule has 2 heterocycles. The Morgan fingerprint density at radius 1 is 1.42 bits per heavy atom. The van der Waals surface area contributed by atoms with Gasteiger partial charge in [0.15, 0.2) is 0 Å². The van der Waals surface area contributed by atoms with Gasteiger partial charge in [0.05, 0.1) is 18.0 Å². The number of halogens is 1. The van der Waals surface area contributed by atoms with Crippen LogP contribution in [0.5, 0.6) is 0 Å². The second-order valence-electron chi connectivity index (χ2n) is 2.47. The molecular formula is C8H10ClN3. The van der Waals surface area contributed by atoms with Gasteiger partial charge >= 0.3 is 0 Å². The summed E-state index contributed by atoms with van der Waals surface area (Å²) in [6, 6.07) is 4.02. The highest BCUT2D eigenvalue weighted by molar-refractivity contribution is 5.85. The van der Waals surface area contributed by atoms with Crippen molar-refractivity contribution in [2.45, 2.75) is 6.54 Å². The molecule has 2 aromatic rings. The fourth-order valence-electron chi connectivity index (χ4n) is 1.09. The summed E-state index contributed by atoms with van der Waals surface area (Å²) in [5.41, 5.74) is 7.70. The van der Waals surface area contributed by atoms with Gasteiger partial charge in [-0.15, -0.1) is 12.4 Å². The minimum absolute atomic E-state index is 0. The highest BCUT2D eigenvalue weighted by atomic mass is 35.5. The lowest BCUT2D eigenvalue weighted by atomic mass is 10.3. The number of pyridine rings is 1. The Morgan fingerprint density at radius 3 is 3.00 bits per heavy atom. The molecule has 0 radical (unpaired) electrons. The second kappa shape index (κ2) is 3.56. The van der Waals surface area contributed by atoms with Crippen LogP contribution in [0.4, 0.5) is 0 Å². The van der Waals surface area contributed by atoms with E-state index in [1.165, 1.54) is 0 Å². The molecule has 0 saturated carbocycles. The van der Waals surface area contributed by atoms with E-state index in [9.17, 15) is 0 Å². The molecule has 0 aliphatic rings. The van der Waals surface area contributed by atoms with Crippen LogP contribution in [0.3, 0.4) is 0 Å². The Hall–Kier alpha value is -1.06. The number of nitrogens with two attached hydrogens (primary N) is 1. The summed E-state index contributed by atoms with van der Waals surface area (Å²) >= 11 is 0. The van der Waals surface area contributed by atoms with Crippen LogP contribution in [0.2, 0.25) is 0 Å². The number of fused-ring (bicyclic) bond motifs is 1. The van der Waals surface area contributed by atoms with Gasteiger partial charge in [-0.2, -0.15) is 0 Å². The van der Waals surface area contributed by atoms with Crippen molar-refractivity contribution in [1.82, 2.24) is 9.38 Å². The van der Waals surface area contributed by atoms with Crippen molar-refractivity contribution in [3.8, 4) is 0 Å². The van der Waals surface area contributed by atoms with E-state index < -0.39 is 0 Å². The van der Waals surface area contributed by atoms with Crippen LogP contribution in [0.15, 0.2) is 30.9 Å². The predicted octanol–water partition coefficient (Wildman–Crippen LogP) is 1.21. The number of imidazole rings is 1. The minimum atomic E-state index is 0. The average molecular weight is 184 g/mol. The first-order valence-corrected chi connectivity index (χ1v) is 3.51. The van der Waals surface area contributed by atoms with Gasteiger partial charge in [-0.25, -0.2) is 4.98 Å². The number of rotatable bonds is 1. The molecular weight excluding hydrogens is 174 g/mol. The van der Waals surface area contributed by atoms with Crippen molar-refractivity contribution < 1.29 is 0 Å². The first kappa shape index (κ1) is 9.03. The quantitative estimate of drug-likeness (QED) is 0.723. The molecule has 3 nitrogen and oxygen atoms in total. The molecule has 0 aromatic carbocycles. The summed E-state index contributed by atoms with van der Waals surface area (Å²) in [7, 11) is 0. The number of aromatic nitrogens is 2. The number of nitrogens with zero attached hydrogens (tertiary/aromatic N) is 2. The molecule has 0 aliphatic carbocycles. The van der Waals surface area contributed by atoms with Crippen molar-refractivity contribution in [1.29, 1.82) is 0 Å². The van der Waals surface area contributed by atoms with Crippen LogP contribution < -0.4 is 5.73 Å². The second-order valence-corrected chi connectivity index (χ2v) is 2.47. The van der Waals surface area contributed by atoms with E-state index in [-0.39, 0.29) is 12.4 Å². The minimum Gasteiger partial charge on any atom is -0.326 e. The molecule has 2 N–H and O–H groups in total. The Balaban J connectivity index is 0.000000720. The molecule has 12 heavy (non-hydrogen) atoms. The van der Waals surface area contributed by atoms with Crippen LogP contribution in [-0.4, -0.2) is 9.38 Å². The lowest BCUT2D eigenvalue weighted by Gasteiger charge is -1.96. The fraction of sp³-hybridized carbons (Fsp3) is 0.125. The van der Waals surface area contributed by atoms with Crippen LogP contribution in [0.25, 0.3) is 5.52 Å². The van der Waals surface area contributed by atoms with Gasteiger partial charge in [-0.1, -0.05) is 6.07 Å². The highest BCUT2D eigenvalue weighted by Gasteiger charge is 1.92. The molecule has 2 aromatic heterocycles. The molecule has 4 heteroatoms. The Labute approximate surface area is 76.6 Å². The average Bonchev–Trinajstić information content (AvgIpc) is 2.50. The third-order valence-corrected chi connectivity index (χ3v) is 1.70. The van der Waals surface area contributed by atoms with Gasteiger partial charge < -0.3 is 10.1 Å². The first-order valence-electron chi connectivity index (χ1n) is 3.51. The normalized spacial score (nSPS) is 9.75. The maximum absolute atomic E-state index is 5.48. The topological polar surface area (TPSA) is 43.3 Å². The van der Waals surface area contributed by atoms with E-state index in [0.717, 1.165) is 11.1 Å². The van der Waals surface area contributed by atoms with Gasteiger partial charge in [0.1, 0.15) is 0 Å². The van der Waals surface area contributed by atoms with E-state index in [4.69, 9.17) is 5.73 Å². The largest absolute Gasteiger partial charge is 0.326 e. The first-order chi connectivity index (χ1) is 5.40. The summed E-state index contributed by atoms with van der Waals surface area (Å²) < 4.78 is 1.96. The lowest BCUT2D eigenvalue weighted by Crippen LogP contribution is -1.97. The Kier molecular flexibility index (Phi) is 2.68. The van der Waals surface area contributed by atoms with E-state index in [1.54, 1.807) is 6.33 Å². The SMILES string of the molecule is Cl.NCc1ccc2cncn2c1. The van der Waals surface area contributed by atoms with Crippen LogP contribution in [-0.2, 0) is 6.54 Å². The van der Waals surface area contributed by atoms with Crippen LogP contribution >= 0.6 is 12.4 Å². The highest BCUT2D eigenvalue weighted by Crippen LogP contribution is 2.04. The van der Waals surface area contributed by atoms with Crippen LogP contribution in [0.1, 0.15) is 5.56 Å². The zero-order valence-corrected chi connectivity index (χ0v) is 7.29. The summed E-state index contributed by atoms with van der Waals surface area (Å²) in [5, 5.41) is 0. The van der Waals surface area contributed by atoms with Crippen molar-refractivity contribution in [3.63, 3.8) is 0 Å². The maximum Gasteiger partial charge on any atom is 0.0992 e. The predicted molar refractivity (Wildman–Crippen MR) is 50.3 cm³/mol. The van der Waals surface area contributed by atoms with E-state index in [2.05, 4.69) is 4.98 Å². The fourth-order valence-corrected chi connectivity index (χ4v) is 1.09. The molecule has 0 amide bonds. The molecule has 2 rings (SSSR count). The maximum atomic E-state index is 5.48. The van der Waals surface area contributed by atoms with Gasteiger partial charge in [0.25, 0.3) is 0 Å². The third kappa shape index (κ3) is 1.42. The molecule has 0 unspecified atom stereocenters. The molecule has 0 fully saturated rings. The van der Waals surface area contributed by atoms with Crippen LogP contribution in [0, 0.1) is 0 Å².